The van der Waals surface area contributed by atoms with E-state index >= 15 is 4.39 Å². The summed E-state index contributed by atoms with van der Waals surface area (Å²) < 4.78 is 61.5. The van der Waals surface area contributed by atoms with Crippen LogP contribution >= 0.6 is 15.0 Å². The maximum atomic E-state index is 15.9. The van der Waals surface area contributed by atoms with Gasteiger partial charge < -0.3 is 29.0 Å². The summed E-state index contributed by atoms with van der Waals surface area (Å²) in [5, 5.41) is 6.52. The lowest BCUT2D eigenvalue weighted by Gasteiger charge is -2.44. The van der Waals surface area contributed by atoms with Crippen molar-refractivity contribution in [1.29, 1.82) is 0 Å². The van der Waals surface area contributed by atoms with E-state index in [9.17, 15) is 14.3 Å². The molecule has 0 aromatic carbocycles. The van der Waals surface area contributed by atoms with E-state index in [0.717, 1.165) is 0 Å². The minimum absolute atomic E-state index is 0.0383. The fourth-order valence-electron chi connectivity index (χ4n) is 6.00. The summed E-state index contributed by atoms with van der Waals surface area (Å²) in [6.45, 7) is -4.43. The van der Waals surface area contributed by atoms with Crippen molar-refractivity contribution >= 4 is 60.7 Å². The predicted molar refractivity (Wildman–Crippen MR) is 153 cm³/mol. The van der Waals surface area contributed by atoms with Gasteiger partial charge >= 0.3 is 15.0 Å². The average Bonchev–Trinajstić information content (AvgIpc) is 3.79. The van der Waals surface area contributed by atoms with Crippen LogP contribution in [0.5, 0.6) is 0 Å². The van der Waals surface area contributed by atoms with Crippen molar-refractivity contribution in [3.05, 3.63) is 35.7 Å². The number of imidazole rings is 2. The molecule has 8 rings (SSSR count). The summed E-state index contributed by atoms with van der Waals surface area (Å²) >= 11 is 5.26. The van der Waals surface area contributed by atoms with E-state index in [1.807, 2.05) is 0 Å². The number of hydrogen-bond donors (Lipinski definition) is 3. The zero-order chi connectivity index (χ0) is 31.0. The Morgan fingerprint density at radius 2 is 1.89 bits per heavy atom. The molecule has 236 valence electrons. The number of fused-ring (bicyclic) bond motifs is 5. The van der Waals surface area contributed by atoms with E-state index in [1.54, 1.807) is 4.57 Å². The van der Waals surface area contributed by atoms with Gasteiger partial charge in [0, 0.05) is 16.5 Å². The number of nitrogens with zero attached hydrogens (tertiary/aromatic N) is 9. The lowest BCUT2D eigenvalue weighted by molar-refractivity contribution is -0.0421. The van der Waals surface area contributed by atoms with Crippen molar-refractivity contribution in [3.63, 3.8) is 0 Å². The zero-order valence-electron chi connectivity index (χ0n) is 22.8. The molecule has 1 saturated carbocycles. The molecule has 3 aliphatic rings. The molecule has 9 atom stereocenters. The maximum absolute atomic E-state index is 15.9. The van der Waals surface area contributed by atoms with E-state index in [4.69, 9.17) is 40.4 Å². The monoisotopic (exact) mass is 682 g/mol. The quantitative estimate of drug-likeness (QED) is 0.220. The normalized spacial score (nSPS) is 33.7. The van der Waals surface area contributed by atoms with Gasteiger partial charge in [0.25, 0.3) is 5.56 Å². The molecule has 2 saturated heterocycles. The highest BCUT2D eigenvalue weighted by Gasteiger charge is 2.54. The van der Waals surface area contributed by atoms with Gasteiger partial charge in [-0.2, -0.15) is 10.1 Å². The van der Waals surface area contributed by atoms with Crippen LogP contribution in [-0.4, -0.2) is 91.7 Å². The van der Waals surface area contributed by atoms with Crippen LogP contribution < -0.4 is 11.3 Å². The summed E-state index contributed by atoms with van der Waals surface area (Å²) in [6.07, 6.45) is 0.00353. The van der Waals surface area contributed by atoms with Crippen LogP contribution in [-0.2, 0) is 39.2 Å². The number of nitrogens with one attached hydrogen (secondary N) is 1. The smallest absolute Gasteiger partial charge is 0.382 e. The van der Waals surface area contributed by atoms with Gasteiger partial charge in [0.05, 0.1) is 25.9 Å². The van der Waals surface area contributed by atoms with Gasteiger partial charge in [-0.25, -0.2) is 33.8 Å². The van der Waals surface area contributed by atoms with Crippen LogP contribution in [0, 0.1) is 11.8 Å². The third-order valence-electron chi connectivity index (χ3n) is 8.33. The molecule has 19 nitrogen and oxygen atoms in total. The molecule has 2 unspecified atom stereocenters. The van der Waals surface area contributed by atoms with Crippen molar-refractivity contribution < 1.29 is 36.7 Å². The Labute approximate surface area is 256 Å². The lowest BCUT2D eigenvalue weighted by atomic mass is 9.70. The van der Waals surface area contributed by atoms with Gasteiger partial charge in [-0.05, 0) is 24.1 Å². The Morgan fingerprint density at radius 3 is 2.76 bits per heavy atom. The number of aromatic amines is 1. The first-order valence-electron chi connectivity index (χ1n) is 13.6. The summed E-state index contributed by atoms with van der Waals surface area (Å²) in [5.41, 5.74) is 6.41. The average molecular weight is 683 g/mol. The van der Waals surface area contributed by atoms with Crippen LogP contribution in [0.1, 0.15) is 18.7 Å². The molecule has 0 spiro atoms. The van der Waals surface area contributed by atoms with E-state index < -0.39 is 46.2 Å². The summed E-state index contributed by atoms with van der Waals surface area (Å²) in [4.78, 5) is 44.6. The number of rotatable bonds is 2. The van der Waals surface area contributed by atoms with E-state index in [1.165, 1.54) is 34.3 Å². The van der Waals surface area contributed by atoms with Crippen LogP contribution in [0.3, 0.4) is 0 Å². The molecule has 1 aliphatic carbocycles. The second-order valence-corrected chi connectivity index (χ2v) is 14.5. The SMILES string of the molecule is Nc1ncnc2c1ncn2[C@@H]1O[C@@H]2COP(O)(=S)OC[C@@H]3[C@@H](CO[P+](=O)O[C@H]2[C@H]1F)C[C@H]3n1cnc2c(=O)n3cn[nH]c3nc21. The van der Waals surface area contributed by atoms with Gasteiger partial charge in [-0.1, -0.05) is 0 Å². The molecular weight excluding hydrogens is 659 g/mol. The standard InChI is InChI=1S/C22H22FN11O8P2S/c23-13-16-12(41-21(13)33-7-27-14-17(24)25-5-26-18(14)33)4-40-44(37,45)39-3-10-9(2-38-43(36)42-16)1-11(10)32-6-28-15-19(32)30-22-31-29-8-34(22)20(15)35/h5-13,16,21H,1-4H2,(H3-,24,25,26,30,31,35,37,45)/p+1/t9-,10-,11-,12-,13-,16-,21-,44?/m1/s1. The number of anilines is 1. The van der Waals surface area contributed by atoms with Gasteiger partial charge in [0.2, 0.25) is 5.78 Å². The first kappa shape index (κ1) is 29.0. The number of H-pyrrole nitrogens is 1. The number of nitrogens with two attached hydrogens (primary N) is 1. The number of aromatic nitrogens is 10. The Bertz CT molecular complexity index is 2070. The fourth-order valence-corrected chi connectivity index (χ4v) is 7.96. The van der Waals surface area contributed by atoms with E-state index in [0.29, 0.717) is 12.1 Å². The second-order valence-electron chi connectivity index (χ2n) is 10.8. The van der Waals surface area contributed by atoms with E-state index in [2.05, 4.69) is 35.1 Å². The van der Waals surface area contributed by atoms with Gasteiger partial charge in [0.15, 0.2) is 41.1 Å². The zero-order valence-corrected chi connectivity index (χ0v) is 25.4. The summed E-state index contributed by atoms with van der Waals surface area (Å²) in [6, 6.07) is -0.290. The first-order valence-corrected chi connectivity index (χ1v) is 17.3. The Hall–Kier alpha value is -3.39. The third-order valence-corrected chi connectivity index (χ3v) is 10.7. The molecule has 4 N–H and O–H groups in total. The molecule has 0 bridgehead atoms. The number of hydrogen-bond acceptors (Lipinski definition) is 15. The van der Waals surface area contributed by atoms with Gasteiger partial charge in [0.1, 0.15) is 30.9 Å². The second kappa shape index (κ2) is 10.9. The highest BCUT2D eigenvalue weighted by Crippen LogP contribution is 2.52. The highest BCUT2D eigenvalue weighted by atomic mass is 32.5. The minimum Gasteiger partial charge on any atom is -0.382 e. The van der Waals surface area contributed by atoms with Crippen LogP contribution in [0.25, 0.3) is 28.1 Å². The highest BCUT2D eigenvalue weighted by molar-refractivity contribution is 8.07. The Morgan fingerprint density at radius 1 is 1.09 bits per heavy atom. The minimum atomic E-state index is -3.88. The van der Waals surface area contributed by atoms with Crippen molar-refractivity contribution in [2.45, 2.75) is 37.1 Å². The lowest BCUT2D eigenvalue weighted by Crippen LogP contribution is -2.43. The molecule has 3 fully saturated rings. The summed E-state index contributed by atoms with van der Waals surface area (Å²) in [5.74, 6) is -0.241. The molecule has 7 heterocycles. The maximum Gasteiger partial charge on any atom is 0.697 e. The van der Waals surface area contributed by atoms with Gasteiger partial charge in [-0.3, -0.25) is 9.36 Å². The van der Waals surface area contributed by atoms with Crippen molar-refractivity contribution in [3.8, 4) is 0 Å². The van der Waals surface area contributed by atoms with Crippen LogP contribution in [0.2, 0.25) is 0 Å². The molecule has 45 heavy (non-hydrogen) atoms. The van der Waals surface area contributed by atoms with Crippen molar-refractivity contribution in [2.75, 3.05) is 25.6 Å². The number of alkyl halides is 1. The van der Waals surface area contributed by atoms with Crippen molar-refractivity contribution in [1.82, 2.24) is 48.7 Å². The van der Waals surface area contributed by atoms with Crippen LogP contribution in [0.4, 0.5) is 10.2 Å². The number of nitrogen functional groups attached to an aromatic ring is 1. The molecule has 0 radical (unpaired) electrons. The number of ether oxygens (including phenoxy) is 1. The van der Waals surface area contributed by atoms with Crippen LogP contribution in [0.15, 0.2) is 30.1 Å². The predicted octanol–water partition coefficient (Wildman–Crippen LogP) is 0.925. The topological polar surface area (TPSA) is 234 Å². The fraction of sp³-hybridized carbons (Fsp3) is 0.500. The molecule has 23 heteroatoms. The third kappa shape index (κ3) is 4.86. The van der Waals surface area contributed by atoms with Crippen molar-refractivity contribution in [2.24, 2.45) is 11.8 Å². The number of halogens is 1. The van der Waals surface area contributed by atoms with Gasteiger partial charge in [-0.15, -0.1) is 9.05 Å². The molecular formula is C22H23FN11O8P2S+. The Kier molecular flexibility index (Phi) is 7.01. The largest absolute Gasteiger partial charge is 0.697 e. The molecule has 0 amide bonds. The summed E-state index contributed by atoms with van der Waals surface area (Å²) in [7, 11) is -2.81. The van der Waals surface area contributed by atoms with E-state index in [-0.39, 0.29) is 64.9 Å². The first-order chi connectivity index (χ1) is 21.7. The Balaban J connectivity index is 1.04. The molecule has 5 aromatic rings. The molecule has 5 aromatic heterocycles. The molecule has 2 aliphatic heterocycles.